The Bertz CT molecular complexity index is 1690. The summed E-state index contributed by atoms with van der Waals surface area (Å²) in [6, 6.07) is 26.0. The van der Waals surface area contributed by atoms with E-state index in [1.807, 2.05) is 36.4 Å². The number of ether oxygens (including phenoxy) is 1. The third-order valence-corrected chi connectivity index (χ3v) is 8.14. The number of hydrogen-bond acceptors (Lipinski definition) is 6. The fourth-order valence-electron chi connectivity index (χ4n) is 3.75. The SMILES string of the molecule is COc1ccc(S(=O)(=O)Nc2cccc(C(=O)Nc3ccc(-c4nc5ccc(C)cc5s4)cc3)c2)cc1. The van der Waals surface area contributed by atoms with Crippen LogP contribution in [-0.2, 0) is 10.0 Å². The van der Waals surface area contributed by atoms with Crippen LogP contribution in [0.15, 0.2) is 95.9 Å². The fourth-order valence-corrected chi connectivity index (χ4v) is 5.87. The molecule has 0 fully saturated rings. The molecule has 0 aliphatic rings. The number of nitrogens with zero attached hydrogens (tertiary/aromatic N) is 1. The molecule has 0 bridgehead atoms. The monoisotopic (exact) mass is 529 g/mol. The average Bonchev–Trinajstić information content (AvgIpc) is 3.32. The normalized spacial score (nSPS) is 11.3. The molecule has 1 heterocycles. The lowest BCUT2D eigenvalue weighted by atomic mass is 10.1. The number of rotatable bonds is 7. The summed E-state index contributed by atoms with van der Waals surface area (Å²) in [4.78, 5) is 17.7. The van der Waals surface area contributed by atoms with Crippen molar-refractivity contribution in [2.24, 2.45) is 0 Å². The lowest BCUT2D eigenvalue weighted by Gasteiger charge is -2.11. The van der Waals surface area contributed by atoms with Crippen LogP contribution in [0.25, 0.3) is 20.8 Å². The molecule has 0 saturated carbocycles. The molecule has 186 valence electrons. The van der Waals surface area contributed by atoms with E-state index in [4.69, 9.17) is 9.72 Å². The largest absolute Gasteiger partial charge is 0.497 e. The molecule has 0 saturated heterocycles. The van der Waals surface area contributed by atoms with Crippen molar-refractivity contribution in [3.05, 3.63) is 102 Å². The van der Waals surface area contributed by atoms with Gasteiger partial charge in [-0.2, -0.15) is 0 Å². The van der Waals surface area contributed by atoms with Crippen molar-refractivity contribution in [1.82, 2.24) is 4.98 Å². The van der Waals surface area contributed by atoms with Gasteiger partial charge in [0.05, 0.1) is 22.2 Å². The van der Waals surface area contributed by atoms with Gasteiger partial charge in [0, 0.05) is 22.5 Å². The zero-order valence-electron chi connectivity index (χ0n) is 20.1. The first-order valence-corrected chi connectivity index (χ1v) is 13.7. The Morgan fingerprint density at radius 2 is 1.65 bits per heavy atom. The van der Waals surface area contributed by atoms with Crippen LogP contribution in [0.2, 0.25) is 0 Å². The number of aryl methyl sites for hydroxylation is 1. The number of amides is 1. The lowest BCUT2D eigenvalue weighted by Crippen LogP contribution is -2.15. The van der Waals surface area contributed by atoms with Crippen LogP contribution in [0.3, 0.4) is 0 Å². The molecule has 0 aliphatic carbocycles. The van der Waals surface area contributed by atoms with Crippen molar-refractivity contribution in [3.8, 4) is 16.3 Å². The second kappa shape index (κ2) is 10.0. The zero-order valence-corrected chi connectivity index (χ0v) is 21.7. The van der Waals surface area contributed by atoms with E-state index in [1.165, 1.54) is 30.9 Å². The molecule has 0 radical (unpaired) electrons. The van der Waals surface area contributed by atoms with E-state index in [9.17, 15) is 13.2 Å². The summed E-state index contributed by atoms with van der Waals surface area (Å²) in [5, 5.41) is 3.77. The molecule has 5 rings (SSSR count). The number of fused-ring (bicyclic) bond motifs is 1. The van der Waals surface area contributed by atoms with Crippen molar-refractivity contribution < 1.29 is 17.9 Å². The molecule has 1 amide bonds. The zero-order chi connectivity index (χ0) is 26.0. The van der Waals surface area contributed by atoms with E-state index in [-0.39, 0.29) is 16.5 Å². The Labute approximate surface area is 218 Å². The summed E-state index contributed by atoms with van der Waals surface area (Å²) in [6.07, 6.45) is 0. The average molecular weight is 530 g/mol. The Morgan fingerprint density at radius 1 is 0.892 bits per heavy atom. The van der Waals surface area contributed by atoms with Gasteiger partial charge in [0.2, 0.25) is 0 Å². The number of benzene rings is 4. The fraction of sp³-hybridized carbons (Fsp3) is 0.0714. The van der Waals surface area contributed by atoms with Gasteiger partial charge in [0.1, 0.15) is 10.8 Å². The standard InChI is InChI=1S/C28H23N3O4S2/c1-18-6-15-25-26(16-18)36-28(30-25)19-7-9-21(10-8-19)29-27(32)20-4-3-5-22(17-20)31-37(33,34)24-13-11-23(35-2)12-14-24/h3-17,31H,1-2H3,(H,29,32). The molecule has 0 spiro atoms. The maximum absolute atomic E-state index is 12.9. The van der Waals surface area contributed by atoms with Crippen molar-refractivity contribution >= 4 is 48.9 Å². The number of aromatic nitrogens is 1. The van der Waals surface area contributed by atoms with Crippen LogP contribution in [0.5, 0.6) is 5.75 Å². The van der Waals surface area contributed by atoms with Crippen LogP contribution < -0.4 is 14.8 Å². The van der Waals surface area contributed by atoms with Crippen molar-refractivity contribution in [2.45, 2.75) is 11.8 Å². The van der Waals surface area contributed by atoms with Gasteiger partial charge in [-0.25, -0.2) is 13.4 Å². The number of anilines is 2. The number of sulfonamides is 1. The molecule has 4 aromatic carbocycles. The summed E-state index contributed by atoms with van der Waals surface area (Å²) in [5.41, 5.74) is 4.34. The molecular weight excluding hydrogens is 506 g/mol. The third-order valence-electron chi connectivity index (χ3n) is 5.68. The summed E-state index contributed by atoms with van der Waals surface area (Å²) >= 11 is 1.63. The highest BCUT2D eigenvalue weighted by Gasteiger charge is 2.16. The van der Waals surface area contributed by atoms with Crippen molar-refractivity contribution in [1.29, 1.82) is 0 Å². The second-order valence-corrected chi connectivity index (χ2v) is 11.1. The maximum Gasteiger partial charge on any atom is 0.261 e. The van der Waals surface area contributed by atoms with Crippen LogP contribution >= 0.6 is 11.3 Å². The summed E-state index contributed by atoms with van der Waals surface area (Å²) in [7, 11) is -2.32. The number of methoxy groups -OCH3 is 1. The topological polar surface area (TPSA) is 97.4 Å². The van der Waals surface area contributed by atoms with Gasteiger partial charge in [0.15, 0.2) is 0 Å². The number of carbonyl (C=O) groups is 1. The Morgan fingerprint density at radius 3 is 2.38 bits per heavy atom. The number of hydrogen-bond donors (Lipinski definition) is 2. The maximum atomic E-state index is 12.9. The smallest absolute Gasteiger partial charge is 0.261 e. The van der Waals surface area contributed by atoms with Gasteiger partial charge in [-0.1, -0.05) is 12.1 Å². The Hall–Kier alpha value is -4.21. The lowest BCUT2D eigenvalue weighted by molar-refractivity contribution is 0.102. The molecule has 0 atom stereocenters. The minimum Gasteiger partial charge on any atom is -0.497 e. The molecule has 2 N–H and O–H groups in total. The minimum atomic E-state index is -3.83. The third kappa shape index (κ3) is 5.47. The van der Waals surface area contributed by atoms with Gasteiger partial charge in [-0.05, 0) is 91.3 Å². The summed E-state index contributed by atoms with van der Waals surface area (Å²) < 4.78 is 34.2. The first kappa shape index (κ1) is 24.5. The predicted octanol–water partition coefficient (Wildman–Crippen LogP) is 6.33. The van der Waals surface area contributed by atoms with E-state index in [0.29, 0.717) is 17.0 Å². The van der Waals surface area contributed by atoms with Crippen LogP contribution in [0.4, 0.5) is 11.4 Å². The molecular formula is C28H23N3O4S2. The minimum absolute atomic E-state index is 0.0894. The highest BCUT2D eigenvalue weighted by Crippen LogP contribution is 2.31. The van der Waals surface area contributed by atoms with E-state index >= 15 is 0 Å². The predicted molar refractivity (Wildman–Crippen MR) is 148 cm³/mol. The van der Waals surface area contributed by atoms with Crippen LogP contribution in [0, 0.1) is 6.92 Å². The molecule has 7 nitrogen and oxygen atoms in total. The first-order valence-electron chi connectivity index (χ1n) is 11.4. The number of carbonyl (C=O) groups excluding carboxylic acids is 1. The number of nitrogens with one attached hydrogen (secondary N) is 2. The number of thiazole rings is 1. The molecule has 0 aliphatic heterocycles. The van der Waals surface area contributed by atoms with Gasteiger partial charge in [-0.15, -0.1) is 11.3 Å². The van der Waals surface area contributed by atoms with Crippen molar-refractivity contribution in [3.63, 3.8) is 0 Å². The van der Waals surface area contributed by atoms with Gasteiger partial charge in [-0.3, -0.25) is 9.52 Å². The highest BCUT2D eigenvalue weighted by molar-refractivity contribution is 7.92. The van der Waals surface area contributed by atoms with Gasteiger partial charge in [0.25, 0.3) is 15.9 Å². The summed E-state index contributed by atoms with van der Waals surface area (Å²) in [6.45, 7) is 2.06. The quantitative estimate of drug-likeness (QED) is 0.257. The van der Waals surface area contributed by atoms with E-state index in [1.54, 1.807) is 41.7 Å². The van der Waals surface area contributed by atoms with E-state index < -0.39 is 10.0 Å². The molecule has 0 unspecified atom stereocenters. The van der Waals surface area contributed by atoms with Gasteiger partial charge >= 0.3 is 0 Å². The Balaban J connectivity index is 1.28. The molecule has 37 heavy (non-hydrogen) atoms. The van der Waals surface area contributed by atoms with Crippen molar-refractivity contribution in [2.75, 3.05) is 17.1 Å². The van der Waals surface area contributed by atoms with Gasteiger partial charge < -0.3 is 10.1 Å². The first-order chi connectivity index (χ1) is 17.8. The molecule has 9 heteroatoms. The van der Waals surface area contributed by atoms with E-state index in [2.05, 4.69) is 23.0 Å². The van der Waals surface area contributed by atoms with Crippen LogP contribution in [-0.4, -0.2) is 26.4 Å². The summed E-state index contributed by atoms with van der Waals surface area (Å²) in [5.74, 6) is 0.203. The second-order valence-electron chi connectivity index (χ2n) is 8.38. The molecule has 1 aromatic heterocycles. The van der Waals surface area contributed by atoms with Crippen LogP contribution in [0.1, 0.15) is 15.9 Å². The van der Waals surface area contributed by atoms with E-state index in [0.717, 1.165) is 20.8 Å². The Kier molecular flexibility index (Phi) is 6.64. The highest BCUT2D eigenvalue weighted by atomic mass is 32.2. The molecule has 5 aromatic rings.